The number of hydrogen-bond acceptors (Lipinski definition) is 4. The van der Waals surface area contributed by atoms with Gasteiger partial charge in [0, 0.05) is 17.2 Å². The maximum atomic E-state index is 9.64. The minimum Gasteiger partial charge on any atom is -0.384 e. The average molecular weight is 259 g/mol. The molecule has 2 rings (SSSR count). The molecule has 1 saturated heterocycles. The first-order valence-corrected chi connectivity index (χ1v) is 7.67. The monoisotopic (exact) mass is 259 g/mol. The van der Waals surface area contributed by atoms with Crippen LogP contribution in [0.5, 0.6) is 0 Å². The number of rotatable bonds is 1. The molecule has 1 aromatic heterocycles. The Morgan fingerprint density at radius 3 is 2.53 bits per heavy atom. The van der Waals surface area contributed by atoms with Crippen LogP contribution in [0.2, 0.25) is 0 Å². The van der Waals surface area contributed by atoms with Crippen LogP contribution < -0.4 is 5.73 Å². The summed E-state index contributed by atoms with van der Waals surface area (Å²) in [5, 5.41) is 4.51. The normalized spacial score (nSPS) is 26.1. The van der Waals surface area contributed by atoms with Crippen molar-refractivity contribution in [2.45, 2.75) is 38.6 Å². The van der Waals surface area contributed by atoms with Gasteiger partial charge in [-0.3, -0.25) is 9.11 Å². The van der Waals surface area contributed by atoms with Gasteiger partial charge in [0.25, 0.3) is 0 Å². The highest BCUT2D eigenvalue weighted by Gasteiger charge is 2.32. The van der Waals surface area contributed by atoms with Gasteiger partial charge in [-0.15, -0.1) is 0 Å². The van der Waals surface area contributed by atoms with Crippen LogP contribution in [0.15, 0.2) is 6.07 Å². The second kappa shape index (κ2) is 3.90. The molecule has 1 aromatic rings. The Balaban J connectivity index is 2.26. The fraction of sp³-hybridized carbons (Fsp3) is 0.727. The van der Waals surface area contributed by atoms with Gasteiger partial charge in [-0.25, -0.2) is 4.68 Å². The summed E-state index contributed by atoms with van der Waals surface area (Å²) in [5.74, 6) is 1.45. The van der Waals surface area contributed by atoms with E-state index in [2.05, 4.69) is 25.9 Å². The predicted octanol–water partition coefficient (Wildman–Crippen LogP) is 2.46. The van der Waals surface area contributed by atoms with Gasteiger partial charge in [-0.05, 0) is 6.42 Å². The van der Waals surface area contributed by atoms with Gasteiger partial charge in [-0.2, -0.15) is 15.7 Å². The largest absolute Gasteiger partial charge is 0.384 e. The van der Waals surface area contributed by atoms with Gasteiger partial charge >= 0.3 is 0 Å². The van der Waals surface area contributed by atoms with Gasteiger partial charge < -0.3 is 5.73 Å². The summed E-state index contributed by atoms with van der Waals surface area (Å²) in [6.45, 7) is 6.25. The summed E-state index contributed by atoms with van der Waals surface area (Å²) in [4.78, 5) is 0. The molecule has 1 aliphatic rings. The van der Waals surface area contributed by atoms with Crippen LogP contribution >= 0.6 is 10.6 Å². The highest BCUT2D eigenvalue weighted by atomic mass is 32.3. The summed E-state index contributed by atoms with van der Waals surface area (Å²) in [6.07, 6.45) is 0.734. The molecule has 0 saturated carbocycles. The minimum absolute atomic E-state index is 0.0242. The lowest BCUT2D eigenvalue weighted by Crippen LogP contribution is -2.16. The zero-order valence-corrected chi connectivity index (χ0v) is 11.4. The minimum atomic E-state index is -2.40. The second-order valence-electron chi connectivity index (χ2n) is 5.76. The van der Waals surface area contributed by atoms with Gasteiger partial charge in [0.05, 0.1) is 17.5 Å². The van der Waals surface area contributed by atoms with Crippen LogP contribution in [0.3, 0.4) is 0 Å². The fourth-order valence-corrected chi connectivity index (χ4v) is 3.80. The molecule has 1 atom stereocenters. The summed E-state index contributed by atoms with van der Waals surface area (Å²) in [7, 11) is -2.40. The van der Waals surface area contributed by atoms with E-state index in [9.17, 15) is 9.11 Å². The quantitative estimate of drug-likeness (QED) is 0.723. The van der Waals surface area contributed by atoms with E-state index in [1.165, 1.54) is 0 Å². The molecule has 0 aliphatic carbocycles. The van der Waals surface area contributed by atoms with Crippen LogP contribution in [0.1, 0.15) is 38.9 Å². The highest BCUT2D eigenvalue weighted by Crippen LogP contribution is 2.50. The Labute approximate surface area is 103 Å². The van der Waals surface area contributed by atoms with Crippen molar-refractivity contribution in [2.75, 3.05) is 17.2 Å². The molecule has 17 heavy (non-hydrogen) atoms. The first kappa shape index (κ1) is 12.7. The van der Waals surface area contributed by atoms with E-state index in [-0.39, 0.29) is 11.5 Å². The molecule has 0 radical (unpaired) electrons. The number of nitrogen functional groups attached to an aromatic ring is 1. The zero-order chi connectivity index (χ0) is 12.8. The predicted molar refractivity (Wildman–Crippen MR) is 71.6 cm³/mol. The molecule has 4 N–H and O–H groups in total. The number of aromatic nitrogens is 2. The lowest BCUT2D eigenvalue weighted by molar-refractivity contribution is 0.469. The summed E-state index contributed by atoms with van der Waals surface area (Å²) >= 11 is 0. The van der Waals surface area contributed by atoms with E-state index in [1.54, 1.807) is 4.68 Å². The molecule has 0 bridgehead atoms. The van der Waals surface area contributed by atoms with E-state index in [0.717, 1.165) is 12.1 Å². The van der Waals surface area contributed by atoms with Crippen molar-refractivity contribution in [3.8, 4) is 0 Å². The molecule has 0 spiro atoms. The van der Waals surface area contributed by atoms with Crippen LogP contribution in [-0.2, 0) is 5.41 Å². The van der Waals surface area contributed by atoms with E-state index in [0.29, 0.717) is 17.3 Å². The van der Waals surface area contributed by atoms with Crippen molar-refractivity contribution in [1.82, 2.24) is 9.78 Å². The molecule has 6 heteroatoms. The van der Waals surface area contributed by atoms with Crippen molar-refractivity contribution in [2.24, 2.45) is 0 Å². The van der Waals surface area contributed by atoms with Crippen molar-refractivity contribution in [3.05, 3.63) is 11.8 Å². The van der Waals surface area contributed by atoms with E-state index in [1.807, 2.05) is 6.07 Å². The molecule has 0 aromatic carbocycles. The second-order valence-corrected chi connectivity index (χ2v) is 8.11. The average Bonchev–Trinajstić information content (AvgIpc) is 2.68. The lowest BCUT2D eigenvalue weighted by Gasteiger charge is -2.26. The maximum Gasteiger partial charge on any atom is 0.122 e. The summed E-state index contributed by atoms with van der Waals surface area (Å²) in [5.41, 5.74) is 6.85. The first-order chi connectivity index (χ1) is 7.69. The molecule has 1 aliphatic heterocycles. The van der Waals surface area contributed by atoms with Crippen molar-refractivity contribution in [1.29, 1.82) is 0 Å². The van der Waals surface area contributed by atoms with Crippen molar-refractivity contribution in [3.63, 3.8) is 0 Å². The number of anilines is 1. The van der Waals surface area contributed by atoms with E-state index in [4.69, 9.17) is 5.73 Å². The fourth-order valence-electron chi connectivity index (χ4n) is 2.06. The highest BCUT2D eigenvalue weighted by molar-refractivity contribution is 8.24. The topological polar surface area (TPSA) is 84.3 Å². The standard InChI is InChI=1S/C11H21N3O2S/c1-11(2,3)9-6-10(12)14(13-9)8-4-5-17(15,16)7-8/h6,8,15-16H,4-5,7,12H2,1-3H3. The number of nitrogens with two attached hydrogens (primary N) is 1. The molecule has 0 amide bonds. The number of hydrogen-bond donors (Lipinski definition) is 3. The molecule has 2 heterocycles. The van der Waals surface area contributed by atoms with Crippen LogP contribution in [0.4, 0.5) is 5.82 Å². The Morgan fingerprint density at radius 1 is 1.47 bits per heavy atom. The first-order valence-electron chi connectivity index (χ1n) is 5.78. The van der Waals surface area contributed by atoms with Crippen LogP contribution in [0.25, 0.3) is 0 Å². The van der Waals surface area contributed by atoms with Crippen molar-refractivity contribution >= 4 is 16.4 Å². The Morgan fingerprint density at radius 2 is 2.12 bits per heavy atom. The van der Waals surface area contributed by atoms with Gasteiger partial charge in [0.2, 0.25) is 0 Å². The Kier molecular flexibility index (Phi) is 2.92. The maximum absolute atomic E-state index is 9.64. The third-order valence-corrected chi connectivity index (χ3v) is 4.92. The smallest absolute Gasteiger partial charge is 0.122 e. The Hall–Kier alpha value is -0.720. The molecule has 98 valence electrons. The summed E-state index contributed by atoms with van der Waals surface area (Å²) < 4.78 is 21.0. The molecule has 1 fully saturated rings. The molecular formula is C11H21N3O2S. The van der Waals surface area contributed by atoms with E-state index >= 15 is 0 Å². The van der Waals surface area contributed by atoms with Gasteiger partial charge in [-0.1, -0.05) is 20.8 Å². The lowest BCUT2D eigenvalue weighted by atomic mass is 9.92. The van der Waals surface area contributed by atoms with Crippen LogP contribution in [-0.4, -0.2) is 30.4 Å². The third-order valence-electron chi connectivity index (χ3n) is 3.12. The SMILES string of the molecule is CC(C)(C)c1cc(N)n(C2CCS(O)(O)C2)n1. The summed E-state index contributed by atoms with van der Waals surface area (Å²) in [6, 6.07) is 1.90. The number of nitrogens with zero attached hydrogens (tertiary/aromatic N) is 2. The zero-order valence-electron chi connectivity index (χ0n) is 10.6. The van der Waals surface area contributed by atoms with Gasteiger partial charge in [0.15, 0.2) is 0 Å². The third kappa shape index (κ3) is 2.59. The Bertz CT molecular complexity index is 423. The molecule has 5 nitrogen and oxygen atoms in total. The van der Waals surface area contributed by atoms with Gasteiger partial charge in [0.1, 0.15) is 5.82 Å². The van der Waals surface area contributed by atoms with Crippen molar-refractivity contribution < 1.29 is 9.11 Å². The van der Waals surface area contributed by atoms with E-state index < -0.39 is 10.6 Å². The van der Waals surface area contributed by atoms with Crippen LogP contribution in [0, 0.1) is 0 Å². The molecular weight excluding hydrogens is 238 g/mol. The molecule has 1 unspecified atom stereocenters.